The number of carboxylic acid groups (broad SMARTS) is 1. The maximum Gasteiger partial charge on any atom is 0.305 e. The van der Waals surface area contributed by atoms with Crippen molar-refractivity contribution in [2.45, 2.75) is 25.8 Å². The fraction of sp³-hybridized carbons (Fsp3) is 0.278. The van der Waals surface area contributed by atoms with Crippen molar-refractivity contribution < 1.29 is 9.90 Å². The van der Waals surface area contributed by atoms with Crippen molar-refractivity contribution in [2.24, 2.45) is 0 Å². The molecule has 3 heteroatoms. The van der Waals surface area contributed by atoms with E-state index in [0.29, 0.717) is 0 Å². The van der Waals surface area contributed by atoms with Crippen LogP contribution in [0.4, 0.5) is 0 Å². The van der Waals surface area contributed by atoms with Gasteiger partial charge < -0.3 is 10.4 Å². The summed E-state index contributed by atoms with van der Waals surface area (Å²) in [5.74, 6) is -0.826. The van der Waals surface area contributed by atoms with Gasteiger partial charge in [0.25, 0.3) is 0 Å². The molecule has 0 spiro atoms. The van der Waals surface area contributed by atoms with Crippen molar-refractivity contribution in [1.82, 2.24) is 5.32 Å². The summed E-state index contributed by atoms with van der Waals surface area (Å²) in [5, 5.41) is 12.7. The molecule has 0 fully saturated rings. The van der Waals surface area contributed by atoms with E-state index in [2.05, 4.69) is 11.4 Å². The average Bonchev–Trinajstić information content (AvgIpc) is 2.46. The van der Waals surface area contributed by atoms with Crippen LogP contribution in [-0.2, 0) is 10.3 Å². The van der Waals surface area contributed by atoms with Crippen molar-refractivity contribution >= 4 is 5.97 Å². The van der Waals surface area contributed by atoms with Gasteiger partial charge in [-0.2, -0.15) is 0 Å². The van der Waals surface area contributed by atoms with E-state index in [9.17, 15) is 9.90 Å². The van der Waals surface area contributed by atoms with E-state index in [1.54, 1.807) is 0 Å². The maximum absolute atomic E-state index is 11.5. The normalized spacial score (nSPS) is 13.7. The van der Waals surface area contributed by atoms with E-state index >= 15 is 0 Å². The second kappa shape index (κ2) is 6.10. The monoisotopic (exact) mass is 283 g/mol. The Morgan fingerprint density at radius 1 is 1.14 bits per heavy atom. The van der Waals surface area contributed by atoms with Crippen molar-refractivity contribution in [3.63, 3.8) is 0 Å². The van der Waals surface area contributed by atoms with E-state index in [4.69, 9.17) is 0 Å². The van der Waals surface area contributed by atoms with Crippen molar-refractivity contribution in [3.05, 3.63) is 70.8 Å². The first-order valence-electron chi connectivity index (χ1n) is 7.03. The Balaban J connectivity index is 2.67. The van der Waals surface area contributed by atoms with Crippen LogP contribution in [0.15, 0.2) is 48.5 Å². The van der Waals surface area contributed by atoms with Crippen LogP contribution in [0.25, 0.3) is 0 Å². The highest BCUT2D eigenvalue weighted by Gasteiger charge is 2.36. The van der Waals surface area contributed by atoms with Crippen LogP contribution in [0.5, 0.6) is 0 Å². The molecule has 0 aliphatic carbocycles. The van der Waals surface area contributed by atoms with Crippen LogP contribution >= 0.6 is 0 Å². The zero-order valence-corrected chi connectivity index (χ0v) is 12.7. The van der Waals surface area contributed by atoms with E-state index in [1.807, 2.05) is 63.4 Å². The SMILES string of the molecule is CNC(CC(=O)O)(c1ccccc1)c1ccc(C)cc1C. The van der Waals surface area contributed by atoms with Crippen LogP contribution < -0.4 is 5.32 Å². The number of aliphatic carboxylic acids is 1. The predicted octanol–water partition coefficient (Wildman–Crippen LogP) is 3.24. The van der Waals surface area contributed by atoms with Crippen molar-refractivity contribution in [3.8, 4) is 0 Å². The number of hydrogen-bond acceptors (Lipinski definition) is 2. The molecule has 110 valence electrons. The zero-order valence-electron chi connectivity index (χ0n) is 12.7. The van der Waals surface area contributed by atoms with E-state index in [0.717, 1.165) is 16.7 Å². The smallest absolute Gasteiger partial charge is 0.305 e. The van der Waals surface area contributed by atoms with Crippen molar-refractivity contribution in [2.75, 3.05) is 7.05 Å². The topological polar surface area (TPSA) is 49.3 Å². The quantitative estimate of drug-likeness (QED) is 0.885. The molecule has 0 heterocycles. The lowest BCUT2D eigenvalue weighted by Crippen LogP contribution is -2.43. The molecule has 2 N–H and O–H groups in total. The Hall–Kier alpha value is -2.13. The summed E-state index contributed by atoms with van der Waals surface area (Å²) < 4.78 is 0. The summed E-state index contributed by atoms with van der Waals surface area (Å²) in [6, 6.07) is 15.9. The van der Waals surface area contributed by atoms with Crippen LogP contribution in [-0.4, -0.2) is 18.1 Å². The van der Waals surface area contributed by atoms with Gasteiger partial charge in [0.05, 0.1) is 12.0 Å². The molecule has 0 aromatic heterocycles. The van der Waals surface area contributed by atoms with Crippen LogP contribution in [0.2, 0.25) is 0 Å². The standard InChI is InChI=1S/C18H21NO2/c1-13-9-10-16(14(2)11-13)18(19-3,12-17(20)21)15-7-5-4-6-8-15/h4-11,19H,12H2,1-3H3,(H,20,21). The highest BCUT2D eigenvalue weighted by Crippen LogP contribution is 2.35. The molecule has 2 rings (SSSR count). The largest absolute Gasteiger partial charge is 0.481 e. The fourth-order valence-corrected chi connectivity index (χ4v) is 2.96. The van der Waals surface area contributed by atoms with Gasteiger partial charge in [-0.05, 0) is 37.6 Å². The summed E-state index contributed by atoms with van der Waals surface area (Å²) in [6.45, 7) is 4.07. The second-order valence-corrected chi connectivity index (χ2v) is 5.41. The number of hydrogen-bond donors (Lipinski definition) is 2. The molecule has 1 atom stereocenters. The number of aryl methyl sites for hydroxylation is 2. The van der Waals surface area contributed by atoms with Gasteiger partial charge in [-0.25, -0.2) is 0 Å². The lowest BCUT2D eigenvalue weighted by molar-refractivity contribution is -0.138. The van der Waals surface area contributed by atoms with Gasteiger partial charge in [0.2, 0.25) is 0 Å². The molecule has 0 amide bonds. The molecule has 0 saturated heterocycles. The molecule has 0 aliphatic heterocycles. The highest BCUT2D eigenvalue weighted by atomic mass is 16.4. The highest BCUT2D eigenvalue weighted by molar-refractivity contribution is 5.70. The second-order valence-electron chi connectivity index (χ2n) is 5.41. The van der Waals surface area contributed by atoms with E-state index in [-0.39, 0.29) is 6.42 Å². The average molecular weight is 283 g/mol. The van der Waals surface area contributed by atoms with E-state index < -0.39 is 11.5 Å². The lowest BCUT2D eigenvalue weighted by Gasteiger charge is -2.35. The third-order valence-corrected chi connectivity index (χ3v) is 3.95. The Morgan fingerprint density at radius 3 is 2.33 bits per heavy atom. The Bertz CT molecular complexity index is 637. The minimum Gasteiger partial charge on any atom is -0.481 e. The lowest BCUT2D eigenvalue weighted by atomic mass is 9.78. The molecule has 3 nitrogen and oxygen atoms in total. The van der Waals surface area contributed by atoms with Crippen LogP contribution in [0, 0.1) is 13.8 Å². The predicted molar refractivity (Wildman–Crippen MR) is 84.5 cm³/mol. The Kier molecular flexibility index (Phi) is 4.43. The summed E-state index contributed by atoms with van der Waals surface area (Å²) in [5.41, 5.74) is 3.51. The Labute approximate surface area is 125 Å². The molecule has 0 bridgehead atoms. The maximum atomic E-state index is 11.5. The summed E-state index contributed by atoms with van der Waals surface area (Å²) in [6.07, 6.45) is -0.00257. The number of nitrogens with one attached hydrogen (secondary N) is 1. The third-order valence-electron chi connectivity index (χ3n) is 3.95. The summed E-state index contributed by atoms with van der Waals surface area (Å²) >= 11 is 0. The fourth-order valence-electron chi connectivity index (χ4n) is 2.96. The molecule has 0 aliphatic rings. The molecule has 21 heavy (non-hydrogen) atoms. The van der Waals surface area contributed by atoms with Crippen LogP contribution in [0.3, 0.4) is 0 Å². The molecule has 1 unspecified atom stereocenters. The van der Waals surface area contributed by atoms with Gasteiger partial charge in [0, 0.05) is 0 Å². The van der Waals surface area contributed by atoms with E-state index in [1.165, 1.54) is 5.56 Å². The number of rotatable bonds is 5. The van der Waals surface area contributed by atoms with Crippen molar-refractivity contribution in [1.29, 1.82) is 0 Å². The first kappa shape index (κ1) is 15.3. The van der Waals surface area contributed by atoms with Crippen LogP contribution in [0.1, 0.15) is 28.7 Å². The summed E-state index contributed by atoms with van der Waals surface area (Å²) in [7, 11) is 1.81. The first-order chi connectivity index (χ1) is 9.99. The number of carboxylic acids is 1. The zero-order chi connectivity index (χ0) is 15.5. The minimum atomic E-state index is -0.826. The number of carbonyl (C=O) groups is 1. The Morgan fingerprint density at radius 2 is 1.81 bits per heavy atom. The summed E-state index contributed by atoms with van der Waals surface area (Å²) in [4.78, 5) is 11.5. The molecule has 2 aromatic carbocycles. The van der Waals surface area contributed by atoms with Gasteiger partial charge in [0.1, 0.15) is 0 Å². The van der Waals surface area contributed by atoms with Gasteiger partial charge in [0.15, 0.2) is 0 Å². The minimum absolute atomic E-state index is 0.00257. The number of benzene rings is 2. The third kappa shape index (κ3) is 2.98. The molecule has 2 aromatic rings. The van der Waals surface area contributed by atoms with Gasteiger partial charge in [-0.1, -0.05) is 54.1 Å². The van der Waals surface area contributed by atoms with Gasteiger partial charge in [-0.3, -0.25) is 4.79 Å². The molecular formula is C18H21NO2. The molecule has 0 saturated carbocycles. The van der Waals surface area contributed by atoms with Gasteiger partial charge in [-0.15, -0.1) is 0 Å². The first-order valence-corrected chi connectivity index (χ1v) is 7.03. The molecule has 0 radical (unpaired) electrons. The molecular weight excluding hydrogens is 262 g/mol. The van der Waals surface area contributed by atoms with Gasteiger partial charge >= 0.3 is 5.97 Å².